The van der Waals surface area contributed by atoms with Gasteiger partial charge in [-0.15, -0.1) is 6.42 Å². The smallest absolute Gasteiger partial charge is 0.123 e. The van der Waals surface area contributed by atoms with E-state index in [2.05, 4.69) is 55.9 Å². The first-order chi connectivity index (χ1) is 12.1. The Hall–Kier alpha value is -2.79. The van der Waals surface area contributed by atoms with Crippen molar-refractivity contribution in [3.05, 3.63) is 70.5 Å². The van der Waals surface area contributed by atoms with Gasteiger partial charge in [0, 0.05) is 29.9 Å². The molecule has 0 heterocycles. The van der Waals surface area contributed by atoms with Crippen LogP contribution in [0.25, 0.3) is 17.2 Å². The van der Waals surface area contributed by atoms with Crippen LogP contribution in [0.5, 0.6) is 0 Å². The highest BCUT2D eigenvalue weighted by Crippen LogP contribution is 2.43. The second kappa shape index (κ2) is 6.99. The van der Waals surface area contributed by atoms with E-state index in [1.807, 2.05) is 0 Å². The average molecular weight is 331 g/mol. The SMILES string of the molecule is C#CC1=C(C)C(=Cc2ccc(F)cc2)c2ccc(N(CC)CC)cc21. The summed E-state index contributed by atoms with van der Waals surface area (Å²) >= 11 is 0. The Kier molecular flexibility index (Phi) is 4.76. The number of hydrogen-bond donors (Lipinski definition) is 0. The zero-order chi connectivity index (χ0) is 18.0. The third kappa shape index (κ3) is 3.10. The van der Waals surface area contributed by atoms with E-state index in [0.29, 0.717) is 0 Å². The van der Waals surface area contributed by atoms with Gasteiger partial charge in [0.2, 0.25) is 0 Å². The maximum atomic E-state index is 13.2. The Labute approximate surface area is 149 Å². The van der Waals surface area contributed by atoms with Crippen molar-refractivity contribution in [2.45, 2.75) is 20.8 Å². The van der Waals surface area contributed by atoms with Crippen molar-refractivity contribution >= 4 is 22.9 Å². The molecule has 0 bridgehead atoms. The van der Waals surface area contributed by atoms with Gasteiger partial charge < -0.3 is 4.90 Å². The summed E-state index contributed by atoms with van der Waals surface area (Å²) in [6.07, 6.45) is 7.89. The molecule has 0 radical (unpaired) electrons. The second-order valence-corrected chi connectivity index (χ2v) is 6.16. The molecule has 0 aliphatic heterocycles. The number of terminal acetylenes is 1. The third-order valence-corrected chi connectivity index (χ3v) is 4.80. The number of hydrogen-bond acceptors (Lipinski definition) is 1. The molecule has 25 heavy (non-hydrogen) atoms. The molecule has 2 heteroatoms. The molecule has 0 fully saturated rings. The summed E-state index contributed by atoms with van der Waals surface area (Å²) in [6, 6.07) is 13.0. The molecular formula is C23H22FN. The van der Waals surface area contributed by atoms with Crippen molar-refractivity contribution in [3.63, 3.8) is 0 Å². The lowest BCUT2D eigenvalue weighted by atomic mass is 10.00. The largest absolute Gasteiger partial charge is 0.372 e. The molecule has 2 aromatic rings. The van der Waals surface area contributed by atoms with Crippen LogP contribution in [0, 0.1) is 18.2 Å². The Bertz CT molecular complexity index is 891. The summed E-state index contributed by atoms with van der Waals surface area (Å²) in [5, 5.41) is 0. The molecule has 126 valence electrons. The summed E-state index contributed by atoms with van der Waals surface area (Å²) in [6.45, 7) is 8.28. The highest BCUT2D eigenvalue weighted by Gasteiger charge is 2.23. The highest BCUT2D eigenvalue weighted by atomic mass is 19.1. The van der Waals surface area contributed by atoms with Gasteiger partial charge in [-0.2, -0.15) is 0 Å². The predicted octanol–water partition coefficient (Wildman–Crippen LogP) is 5.63. The number of nitrogens with zero attached hydrogens (tertiary/aromatic N) is 1. The zero-order valence-electron chi connectivity index (χ0n) is 14.9. The molecule has 1 aliphatic rings. The first kappa shape index (κ1) is 17.0. The van der Waals surface area contributed by atoms with Crippen LogP contribution in [-0.4, -0.2) is 13.1 Å². The quantitative estimate of drug-likeness (QED) is 0.656. The molecule has 0 aromatic heterocycles. The standard InChI is InChI=1S/C23H22FN/c1-5-20-16(4)22(14-17-8-10-18(24)11-9-17)21-13-12-19(15-23(20)21)25(6-2)7-3/h1,8-15H,6-7H2,2-4H3. The number of benzene rings is 2. The average Bonchev–Trinajstić information content (AvgIpc) is 2.89. The topological polar surface area (TPSA) is 3.24 Å². The summed E-state index contributed by atoms with van der Waals surface area (Å²) in [4.78, 5) is 2.31. The minimum absolute atomic E-state index is 0.227. The maximum absolute atomic E-state index is 13.2. The Morgan fingerprint density at radius 1 is 1.04 bits per heavy atom. The van der Waals surface area contributed by atoms with Crippen molar-refractivity contribution < 1.29 is 4.39 Å². The van der Waals surface area contributed by atoms with E-state index in [1.165, 1.54) is 17.8 Å². The Balaban J connectivity index is 2.12. The van der Waals surface area contributed by atoms with E-state index in [9.17, 15) is 4.39 Å². The first-order valence-corrected chi connectivity index (χ1v) is 8.63. The van der Waals surface area contributed by atoms with E-state index >= 15 is 0 Å². The van der Waals surface area contributed by atoms with Crippen molar-refractivity contribution in [2.75, 3.05) is 18.0 Å². The highest BCUT2D eigenvalue weighted by molar-refractivity contribution is 6.09. The lowest BCUT2D eigenvalue weighted by molar-refractivity contribution is 0.628. The lowest BCUT2D eigenvalue weighted by Gasteiger charge is -2.22. The fraction of sp³-hybridized carbons (Fsp3) is 0.217. The number of allylic oxidation sites excluding steroid dienone is 3. The second-order valence-electron chi connectivity index (χ2n) is 6.16. The van der Waals surface area contributed by atoms with E-state index in [4.69, 9.17) is 6.42 Å². The van der Waals surface area contributed by atoms with Crippen molar-refractivity contribution in [3.8, 4) is 12.3 Å². The molecule has 2 aromatic carbocycles. The van der Waals surface area contributed by atoms with Crippen molar-refractivity contribution in [2.24, 2.45) is 0 Å². The Morgan fingerprint density at radius 3 is 2.32 bits per heavy atom. The minimum atomic E-state index is -0.227. The van der Waals surface area contributed by atoms with Crippen LogP contribution in [0.4, 0.5) is 10.1 Å². The predicted molar refractivity (Wildman–Crippen MR) is 106 cm³/mol. The molecule has 1 nitrogen and oxygen atoms in total. The molecular weight excluding hydrogens is 309 g/mol. The molecule has 0 atom stereocenters. The fourth-order valence-electron chi connectivity index (χ4n) is 3.40. The summed E-state index contributed by atoms with van der Waals surface area (Å²) in [7, 11) is 0. The van der Waals surface area contributed by atoms with Gasteiger partial charge in [-0.1, -0.05) is 24.1 Å². The van der Waals surface area contributed by atoms with Gasteiger partial charge in [0.25, 0.3) is 0 Å². The van der Waals surface area contributed by atoms with Crippen LogP contribution >= 0.6 is 0 Å². The normalized spacial score (nSPS) is 14.6. The van der Waals surface area contributed by atoms with E-state index < -0.39 is 0 Å². The van der Waals surface area contributed by atoms with Crippen molar-refractivity contribution in [1.29, 1.82) is 0 Å². The van der Waals surface area contributed by atoms with Crippen LogP contribution in [0.15, 0.2) is 48.0 Å². The van der Waals surface area contributed by atoms with Crippen LogP contribution in [0.3, 0.4) is 0 Å². The molecule has 1 aliphatic carbocycles. The summed E-state index contributed by atoms with van der Waals surface area (Å²) in [5.74, 6) is 2.63. The van der Waals surface area contributed by atoms with Gasteiger partial charge in [-0.25, -0.2) is 4.39 Å². The molecule has 3 rings (SSSR count). The van der Waals surface area contributed by atoms with Gasteiger partial charge in [-0.05, 0) is 73.4 Å². The van der Waals surface area contributed by atoms with Crippen molar-refractivity contribution in [1.82, 2.24) is 0 Å². The molecule has 0 spiro atoms. The summed E-state index contributed by atoms with van der Waals surface area (Å²) < 4.78 is 13.2. The van der Waals surface area contributed by atoms with Gasteiger partial charge in [0.15, 0.2) is 0 Å². The minimum Gasteiger partial charge on any atom is -0.372 e. The molecule has 0 N–H and O–H groups in total. The first-order valence-electron chi connectivity index (χ1n) is 8.63. The van der Waals surface area contributed by atoms with E-state index in [1.54, 1.807) is 12.1 Å². The van der Waals surface area contributed by atoms with Crippen LogP contribution in [0.1, 0.15) is 37.5 Å². The molecule has 0 unspecified atom stereocenters. The molecule has 0 saturated carbocycles. The fourth-order valence-corrected chi connectivity index (χ4v) is 3.40. The third-order valence-electron chi connectivity index (χ3n) is 4.80. The van der Waals surface area contributed by atoms with Gasteiger partial charge >= 0.3 is 0 Å². The number of rotatable bonds is 4. The van der Waals surface area contributed by atoms with Crippen LogP contribution < -0.4 is 4.90 Å². The number of fused-ring (bicyclic) bond motifs is 1. The number of anilines is 1. The van der Waals surface area contributed by atoms with E-state index in [-0.39, 0.29) is 5.82 Å². The van der Waals surface area contributed by atoms with Crippen LogP contribution in [-0.2, 0) is 0 Å². The van der Waals surface area contributed by atoms with Gasteiger partial charge in [0.1, 0.15) is 5.82 Å². The van der Waals surface area contributed by atoms with Crippen LogP contribution in [0.2, 0.25) is 0 Å². The maximum Gasteiger partial charge on any atom is 0.123 e. The van der Waals surface area contributed by atoms with Gasteiger partial charge in [0.05, 0.1) is 0 Å². The zero-order valence-corrected chi connectivity index (χ0v) is 14.9. The molecule has 0 saturated heterocycles. The number of halogens is 1. The summed E-state index contributed by atoms with van der Waals surface area (Å²) in [5.41, 5.74) is 7.56. The monoisotopic (exact) mass is 331 g/mol. The molecule has 0 amide bonds. The van der Waals surface area contributed by atoms with Gasteiger partial charge in [-0.3, -0.25) is 0 Å². The lowest BCUT2D eigenvalue weighted by Crippen LogP contribution is -2.21. The van der Waals surface area contributed by atoms with E-state index in [0.717, 1.165) is 46.5 Å². The Morgan fingerprint density at radius 2 is 1.72 bits per heavy atom.